The summed E-state index contributed by atoms with van der Waals surface area (Å²) in [6.07, 6.45) is 1.89. The van der Waals surface area contributed by atoms with Gasteiger partial charge in [-0.3, -0.25) is 4.79 Å². The Morgan fingerprint density at radius 3 is 2.29 bits per heavy atom. The van der Waals surface area contributed by atoms with Gasteiger partial charge in [-0.15, -0.1) is 0 Å². The maximum Gasteiger partial charge on any atom is 0.224 e. The van der Waals surface area contributed by atoms with Gasteiger partial charge in [0.2, 0.25) is 5.91 Å². The van der Waals surface area contributed by atoms with Gasteiger partial charge in [0.15, 0.2) is 11.6 Å². The Balaban J connectivity index is 1.87. The lowest BCUT2D eigenvalue weighted by molar-refractivity contribution is -0.116. The summed E-state index contributed by atoms with van der Waals surface area (Å²) in [4.78, 5) is 11.8. The highest BCUT2D eigenvalue weighted by Gasteiger charge is 2.06. The molecule has 2 aromatic rings. The molecule has 21 heavy (non-hydrogen) atoms. The Morgan fingerprint density at radius 1 is 1.00 bits per heavy atom. The number of hydrogen-bond donors (Lipinski definition) is 1. The predicted octanol–water partition coefficient (Wildman–Crippen LogP) is 4.10. The van der Waals surface area contributed by atoms with E-state index in [1.54, 1.807) is 0 Å². The second-order valence-electron chi connectivity index (χ2n) is 4.85. The lowest BCUT2D eigenvalue weighted by atomic mass is 10.1. The number of anilines is 1. The van der Waals surface area contributed by atoms with E-state index in [-0.39, 0.29) is 11.6 Å². The third-order valence-electron chi connectivity index (χ3n) is 3.28. The summed E-state index contributed by atoms with van der Waals surface area (Å²) >= 11 is 0. The van der Waals surface area contributed by atoms with Crippen molar-refractivity contribution < 1.29 is 13.6 Å². The van der Waals surface area contributed by atoms with Gasteiger partial charge >= 0.3 is 0 Å². The van der Waals surface area contributed by atoms with E-state index in [1.807, 2.05) is 24.3 Å². The van der Waals surface area contributed by atoms with E-state index in [9.17, 15) is 13.6 Å². The molecule has 2 aromatic carbocycles. The van der Waals surface area contributed by atoms with Gasteiger partial charge in [-0.1, -0.05) is 31.2 Å². The molecule has 0 aliphatic carbocycles. The Bertz CT molecular complexity index is 623. The molecule has 0 atom stereocenters. The summed E-state index contributed by atoms with van der Waals surface area (Å²) in [5.41, 5.74) is 2.60. The van der Waals surface area contributed by atoms with Gasteiger partial charge in [-0.25, -0.2) is 8.78 Å². The van der Waals surface area contributed by atoms with Crippen LogP contribution in [0.2, 0.25) is 0 Å². The van der Waals surface area contributed by atoms with Gasteiger partial charge in [-0.2, -0.15) is 0 Å². The van der Waals surface area contributed by atoms with Gasteiger partial charge in [0.25, 0.3) is 0 Å². The van der Waals surface area contributed by atoms with Crippen LogP contribution >= 0.6 is 0 Å². The van der Waals surface area contributed by atoms with Gasteiger partial charge in [0.05, 0.1) is 0 Å². The molecule has 1 N–H and O–H groups in total. The van der Waals surface area contributed by atoms with Gasteiger partial charge in [0, 0.05) is 18.2 Å². The SMILES string of the molecule is CCc1ccc(CCC(=O)Nc2ccc(F)c(F)c2)cc1. The molecule has 0 spiro atoms. The second-order valence-corrected chi connectivity index (χ2v) is 4.85. The molecule has 110 valence electrons. The van der Waals surface area contributed by atoms with E-state index < -0.39 is 11.6 Å². The smallest absolute Gasteiger partial charge is 0.224 e. The number of rotatable bonds is 5. The molecule has 0 aliphatic heterocycles. The van der Waals surface area contributed by atoms with Crippen molar-refractivity contribution in [3.63, 3.8) is 0 Å². The molecule has 2 rings (SSSR count). The van der Waals surface area contributed by atoms with Crippen LogP contribution in [0.25, 0.3) is 0 Å². The summed E-state index contributed by atoms with van der Waals surface area (Å²) in [5.74, 6) is -2.12. The molecule has 0 aliphatic rings. The first-order chi connectivity index (χ1) is 10.1. The molecular weight excluding hydrogens is 272 g/mol. The first kappa shape index (κ1) is 15.2. The zero-order chi connectivity index (χ0) is 15.2. The van der Waals surface area contributed by atoms with Crippen LogP contribution < -0.4 is 5.32 Å². The van der Waals surface area contributed by atoms with Crippen LogP contribution in [0, 0.1) is 11.6 Å². The lowest BCUT2D eigenvalue weighted by Gasteiger charge is -2.06. The van der Waals surface area contributed by atoms with Crippen molar-refractivity contribution in [3.05, 3.63) is 65.2 Å². The van der Waals surface area contributed by atoms with Crippen molar-refractivity contribution in [2.75, 3.05) is 5.32 Å². The van der Waals surface area contributed by atoms with Gasteiger partial charge in [-0.05, 0) is 36.1 Å². The van der Waals surface area contributed by atoms with Gasteiger partial charge < -0.3 is 5.32 Å². The average molecular weight is 289 g/mol. The zero-order valence-corrected chi connectivity index (χ0v) is 11.8. The Kier molecular flexibility index (Phi) is 5.04. The number of halogens is 2. The molecule has 0 heterocycles. The maximum absolute atomic E-state index is 13.0. The second kappa shape index (κ2) is 6.97. The van der Waals surface area contributed by atoms with Crippen molar-refractivity contribution in [2.45, 2.75) is 26.2 Å². The molecule has 4 heteroatoms. The first-order valence-electron chi connectivity index (χ1n) is 6.91. The zero-order valence-electron chi connectivity index (χ0n) is 11.8. The molecule has 0 aromatic heterocycles. The number of carbonyl (C=O) groups excluding carboxylic acids is 1. The Morgan fingerprint density at radius 2 is 1.67 bits per heavy atom. The van der Waals surface area contributed by atoms with E-state index in [1.165, 1.54) is 11.6 Å². The van der Waals surface area contributed by atoms with Crippen LogP contribution in [0.1, 0.15) is 24.5 Å². The van der Waals surface area contributed by atoms with Crippen molar-refractivity contribution in [1.82, 2.24) is 0 Å². The van der Waals surface area contributed by atoms with E-state index in [0.717, 1.165) is 24.1 Å². The minimum atomic E-state index is -0.969. The molecule has 0 radical (unpaired) electrons. The van der Waals surface area contributed by atoms with E-state index in [2.05, 4.69) is 12.2 Å². The van der Waals surface area contributed by atoms with E-state index in [0.29, 0.717) is 12.8 Å². The summed E-state index contributed by atoms with van der Waals surface area (Å²) < 4.78 is 25.8. The molecular formula is C17H17F2NO. The number of benzene rings is 2. The number of amides is 1. The van der Waals surface area contributed by atoms with Crippen LogP contribution in [0.3, 0.4) is 0 Å². The van der Waals surface area contributed by atoms with E-state index in [4.69, 9.17) is 0 Å². The third kappa shape index (κ3) is 4.38. The highest BCUT2D eigenvalue weighted by molar-refractivity contribution is 5.90. The Labute approximate surface area is 122 Å². The minimum absolute atomic E-state index is 0.222. The van der Waals surface area contributed by atoms with Crippen LogP contribution in [0.5, 0.6) is 0 Å². The fraction of sp³-hybridized carbons (Fsp3) is 0.235. The first-order valence-corrected chi connectivity index (χ1v) is 6.91. The van der Waals surface area contributed by atoms with Crippen molar-refractivity contribution in [1.29, 1.82) is 0 Å². The van der Waals surface area contributed by atoms with E-state index >= 15 is 0 Å². The highest BCUT2D eigenvalue weighted by Crippen LogP contribution is 2.14. The molecule has 0 saturated carbocycles. The number of nitrogens with one attached hydrogen (secondary N) is 1. The molecule has 2 nitrogen and oxygen atoms in total. The standard InChI is InChI=1S/C17H17F2NO/c1-2-12-3-5-13(6-4-12)7-10-17(21)20-14-8-9-15(18)16(19)11-14/h3-6,8-9,11H,2,7,10H2,1H3,(H,20,21). The largest absolute Gasteiger partial charge is 0.326 e. The summed E-state index contributed by atoms with van der Waals surface area (Å²) in [7, 11) is 0. The topological polar surface area (TPSA) is 29.1 Å². The van der Waals surface area contributed by atoms with Crippen LogP contribution in [0.15, 0.2) is 42.5 Å². The predicted molar refractivity (Wildman–Crippen MR) is 79.1 cm³/mol. The van der Waals surface area contributed by atoms with Gasteiger partial charge in [0.1, 0.15) is 0 Å². The fourth-order valence-corrected chi connectivity index (χ4v) is 2.00. The lowest BCUT2D eigenvalue weighted by Crippen LogP contribution is -2.12. The quantitative estimate of drug-likeness (QED) is 0.882. The van der Waals surface area contributed by atoms with Crippen LogP contribution in [-0.4, -0.2) is 5.91 Å². The molecule has 0 unspecified atom stereocenters. The highest BCUT2D eigenvalue weighted by atomic mass is 19.2. The maximum atomic E-state index is 13.0. The normalized spacial score (nSPS) is 10.4. The summed E-state index contributed by atoms with van der Waals surface area (Å²) in [6.45, 7) is 2.09. The number of carbonyl (C=O) groups is 1. The van der Waals surface area contributed by atoms with Crippen LogP contribution in [0.4, 0.5) is 14.5 Å². The number of hydrogen-bond acceptors (Lipinski definition) is 1. The molecule has 0 bridgehead atoms. The summed E-state index contributed by atoms with van der Waals surface area (Å²) in [5, 5.41) is 2.56. The summed E-state index contributed by atoms with van der Waals surface area (Å²) in [6, 6.07) is 11.4. The van der Waals surface area contributed by atoms with Crippen molar-refractivity contribution in [2.24, 2.45) is 0 Å². The van der Waals surface area contributed by atoms with Crippen molar-refractivity contribution in [3.8, 4) is 0 Å². The van der Waals surface area contributed by atoms with Crippen molar-refractivity contribution >= 4 is 11.6 Å². The fourth-order valence-electron chi connectivity index (χ4n) is 2.00. The minimum Gasteiger partial charge on any atom is -0.326 e. The van der Waals surface area contributed by atoms with Crippen LogP contribution in [-0.2, 0) is 17.6 Å². The monoisotopic (exact) mass is 289 g/mol. The molecule has 0 fully saturated rings. The molecule has 0 saturated heterocycles. The number of aryl methyl sites for hydroxylation is 2. The Hall–Kier alpha value is -2.23. The third-order valence-corrected chi connectivity index (χ3v) is 3.28. The molecule has 1 amide bonds. The average Bonchev–Trinajstić information content (AvgIpc) is 2.49.